The second-order valence-electron chi connectivity index (χ2n) is 8.45. The van der Waals surface area contributed by atoms with Crippen molar-refractivity contribution in [1.29, 1.82) is 0 Å². The minimum absolute atomic E-state index is 0. The molecule has 0 aromatic carbocycles. The molecule has 0 radical (unpaired) electrons. The quantitative estimate of drug-likeness (QED) is 0.603. The molecule has 21 heavy (non-hydrogen) atoms. The Balaban J connectivity index is -0.0000000533. The van der Waals surface area contributed by atoms with Crippen LogP contribution in [0.1, 0.15) is 83.1 Å². The maximum absolute atomic E-state index is 10.1. The molecule has 0 unspecified atom stereocenters. The molecule has 128 valence electrons. The van der Waals surface area contributed by atoms with Crippen molar-refractivity contribution < 1.29 is 42.1 Å². The van der Waals surface area contributed by atoms with E-state index in [0.717, 1.165) is 0 Å². The summed E-state index contributed by atoms with van der Waals surface area (Å²) in [7, 11) is 0. The average molecular weight is 340 g/mol. The molecule has 0 aromatic rings. The molecule has 0 bridgehead atoms. The topological polar surface area (TPSA) is 92.2 Å². The summed E-state index contributed by atoms with van der Waals surface area (Å²) in [5, 5.41) is 40.4. The molecule has 0 aromatic heterocycles. The van der Waals surface area contributed by atoms with E-state index in [1.807, 2.05) is 0 Å². The number of rotatable bonds is 0. The van der Waals surface area contributed by atoms with Gasteiger partial charge >= 0.3 is 21.7 Å². The summed E-state index contributed by atoms with van der Waals surface area (Å²) in [6.07, 6.45) is 0. The van der Waals surface area contributed by atoms with Crippen LogP contribution in [0.2, 0.25) is 0 Å². The van der Waals surface area contributed by atoms with Gasteiger partial charge in [0.15, 0.2) is 0 Å². The maximum atomic E-state index is 10.1. The van der Waals surface area contributed by atoms with Crippen molar-refractivity contribution in [2.75, 3.05) is 0 Å². The van der Waals surface area contributed by atoms with Crippen LogP contribution in [0.15, 0.2) is 0 Å². The predicted octanol–water partition coefficient (Wildman–Crippen LogP) is 0.578. The van der Waals surface area contributed by atoms with E-state index < -0.39 is 22.4 Å². The Labute approximate surface area is 147 Å². The van der Waals surface area contributed by atoms with E-state index in [4.69, 9.17) is 0 Å². The van der Waals surface area contributed by atoms with Crippen molar-refractivity contribution in [3.8, 4) is 0 Å². The molecule has 0 spiro atoms. The Morgan fingerprint density at radius 3 is 0.333 bits per heavy atom. The van der Waals surface area contributed by atoms with E-state index >= 15 is 0 Å². The van der Waals surface area contributed by atoms with Crippen molar-refractivity contribution in [2.45, 2.75) is 105 Å². The van der Waals surface area contributed by atoms with Crippen LogP contribution in [0.25, 0.3) is 0 Å². The SMILES string of the molecule is CC(C)(C)[O-].CC(C)(C)[O-].CC(C)(C)[O-].CC(C)(C)[O-].[Ti+4]. The zero-order valence-corrected chi connectivity index (χ0v) is 17.7. The van der Waals surface area contributed by atoms with Gasteiger partial charge < -0.3 is 20.4 Å². The van der Waals surface area contributed by atoms with Gasteiger partial charge in [0.2, 0.25) is 0 Å². The van der Waals surface area contributed by atoms with Crippen LogP contribution in [0, 0.1) is 0 Å². The van der Waals surface area contributed by atoms with Gasteiger partial charge in [-0.05, 0) is 0 Å². The van der Waals surface area contributed by atoms with Crippen molar-refractivity contribution in [2.24, 2.45) is 0 Å². The smallest absolute Gasteiger partial charge is 0.850 e. The fourth-order valence-corrected chi connectivity index (χ4v) is 0. The fraction of sp³-hybridized carbons (Fsp3) is 1.00. The van der Waals surface area contributed by atoms with Crippen molar-refractivity contribution in [3.63, 3.8) is 0 Å². The molecule has 0 atom stereocenters. The van der Waals surface area contributed by atoms with Gasteiger partial charge in [-0.2, -0.15) is 0 Å². The molecule has 0 fully saturated rings. The van der Waals surface area contributed by atoms with E-state index in [2.05, 4.69) is 0 Å². The zero-order chi connectivity index (χ0) is 18.0. The first kappa shape index (κ1) is 33.2. The second-order valence-corrected chi connectivity index (χ2v) is 8.45. The van der Waals surface area contributed by atoms with Crippen LogP contribution in [0.3, 0.4) is 0 Å². The van der Waals surface area contributed by atoms with Gasteiger partial charge in [0.25, 0.3) is 0 Å². The monoisotopic (exact) mass is 340 g/mol. The maximum Gasteiger partial charge on any atom is 4.00 e. The Bertz CT molecular complexity index is 130. The van der Waals surface area contributed by atoms with Crippen LogP contribution in [0.4, 0.5) is 0 Å². The van der Waals surface area contributed by atoms with Crippen molar-refractivity contribution in [1.82, 2.24) is 0 Å². The summed E-state index contributed by atoms with van der Waals surface area (Å²) in [5.74, 6) is 0. The van der Waals surface area contributed by atoms with Gasteiger partial charge in [-0.3, -0.25) is 0 Å². The third kappa shape index (κ3) is 23000. The molecule has 0 aliphatic carbocycles. The molecular formula is C16H36O4Ti. The molecule has 0 aliphatic rings. The van der Waals surface area contributed by atoms with Gasteiger partial charge in [-0.15, -0.1) is 22.4 Å². The molecule has 0 N–H and O–H groups in total. The standard InChI is InChI=1S/4C4H9O.Ti/c4*1-4(2,3)5;/h4*1-3H3;/q4*-1;+4. The third-order valence-electron chi connectivity index (χ3n) is 0. The first-order valence-electron chi connectivity index (χ1n) is 6.82. The van der Waals surface area contributed by atoms with Crippen LogP contribution in [-0.4, -0.2) is 22.4 Å². The summed E-state index contributed by atoms with van der Waals surface area (Å²) < 4.78 is 0. The summed E-state index contributed by atoms with van der Waals surface area (Å²) in [6.45, 7) is 19.6. The molecule has 0 saturated heterocycles. The van der Waals surface area contributed by atoms with Crippen LogP contribution in [0.5, 0.6) is 0 Å². The molecule has 0 rings (SSSR count). The molecule has 0 heterocycles. The van der Waals surface area contributed by atoms with E-state index in [1.54, 1.807) is 83.1 Å². The minimum Gasteiger partial charge on any atom is -0.850 e. The molecule has 5 heteroatoms. The fourth-order valence-electron chi connectivity index (χ4n) is 0. The van der Waals surface area contributed by atoms with Crippen LogP contribution in [-0.2, 0) is 21.7 Å². The van der Waals surface area contributed by atoms with Gasteiger partial charge in [0, 0.05) is 0 Å². The number of hydrogen-bond acceptors (Lipinski definition) is 4. The molecular weight excluding hydrogens is 304 g/mol. The average Bonchev–Trinajstić information content (AvgIpc) is 1.62. The Morgan fingerprint density at radius 1 is 0.333 bits per heavy atom. The summed E-state index contributed by atoms with van der Waals surface area (Å²) >= 11 is 0. The molecule has 0 amide bonds. The van der Waals surface area contributed by atoms with Crippen molar-refractivity contribution in [3.05, 3.63) is 0 Å². The normalized spacial score (nSPS) is 11.4. The van der Waals surface area contributed by atoms with Crippen LogP contribution < -0.4 is 20.4 Å². The van der Waals surface area contributed by atoms with Gasteiger partial charge in [0.05, 0.1) is 0 Å². The minimum atomic E-state index is -0.750. The van der Waals surface area contributed by atoms with Gasteiger partial charge in [-0.1, -0.05) is 83.1 Å². The molecule has 0 aliphatic heterocycles. The summed E-state index contributed by atoms with van der Waals surface area (Å²) in [6, 6.07) is 0. The predicted molar refractivity (Wildman–Crippen MR) is 79.0 cm³/mol. The van der Waals surface area contributed by atoms with Gasteiger partial charge in [0.1, 0.15) is 0 Å². The van der Waals surface area contributed by atoms with E-state index in [-0.39, 0.29) is 21.7 Å². The van der Waals surface area contributed by atoms with E-state index in [1.165, 1.54) is 0 Å². The van der Waals surface area contributed by atoms with E-state index in [0.29, 0.717) is 0 Å². The molecule has 0 saturated carbocycles. The van der Waals surface area contributed by atoms with Crippen LogP contribution >= 0.6 is 0 Å². The Morgan fingerprint density at radius 2 is 0.333 bits per heavy atom. The second kappa shape index (κ2) is 13.0. The first-order chi connectivity index (χ1) is 8.00. The molecule has 4 nitrogen and oxygen atoms in total. The Kier molecular flexibility index (Phi) is 20.6. The van der Waals surface area contributed by atoms with E-state index in [9.17, 15) is 20.4 Å². The Hall–Kier alpha value is 0.554. The largest absolute Gasteiger partial charge is 4.00 e. The summed E-state index contributed by atoms with van der Waals surface area (Å²) in [4.78, 5) is 0. The summed E-state index contributed by atoms with van der Waals surface area (Å²) in [5.41, 5.74) is -3.00. The number of hydrogen-bond donors (Lipinski definition) is 0. The van der Waals surface area contributed by atoms with Gasteiger partial charge in [-0.25, -0.2) is 0 Å². The first-order valence-corrected chi connectivity index (χ1v) is 6.82. The third-order valence-corrected chi connectivity index (χ3v) is 0. The zero-order valence-electron chi connectivity index (χ0n) is 16.1. The van der Waals surface area contributed by atoms with Crippen molar-refractivity contribution >= 4 is 0 Å².